The monoisotopic (exact) mass is 330 g/mol. The van der Waals surface area contributed by atoms with E-state index in [4.69, 9.17) is 0 Å². The van der Waals surface area contributed by atoms with Crippen LogP contribution in [0.2, 0.25) is 0 Å². The Kier molecular flexibility index (Phi) is 4.29. The standard InChI is InChI=1S/C19H26N2OS/c1-2-4-14-7-8-17-18(11-14)23-19(22)21(17)10-9-20-12-15-5-3-6-16(15)13-20/h7-8,11,15-16H,2-6,9-10,12-13H2,1H3. The lowest BCUT2D eigenvalue weighted by molar-refractivity contribution is 0.298. The summed E-state index contributed by atoms with van der Waals surface area (Å²) in [7, 11) is 0. The molecular formula is C19H26N2OS. The maximum Gasteiger partial charge on any atom is 0.308 e. The molecule has 1 saturated heterocycles. The number of thiazole rings is 1. The first-order valence-corrected chi connectivity index (χ1v) is 9.91. The van der Waals surface area contributed by atoms with Gasteiger partial charge in [-0.25, -0.2) is 0 Å². The molecule has 124 valence electrons. The van der Waals surface area contributed by atoms with Crippen molar-refractivity contribution in [1.82, 2.24) is 9.47 Å². The molecule has 2 aliphatic rings. The van der Waals surface area contributed by atoms with Gasteiger partial charge in [0.2, 0.25) is 0 Å². The molecule has 0 amide bonds. The number of fused-ring (bicyclic) bond motifs is 2. The molecule has 1 saturated carbocycles. The predicted molar refractivity (Wildman–Crippen MR) is 97.4 cm³/mol. The number of benzene rings is 1. The molecule has 1 aromatic carbocycles. The highest BCUT2D eigenvalue weighted by molar-refractivity contribution is 7.16. The minimum Gasteiger partial charge on any atom is -0.301 e. The van der Waals surface area contributed by atoms with Crippen molar-refractivity contribution in [3.05, 3.63) is 33.4 Å². The van der Waals surface area contributed by atoms with Gasteiger partial charge < -0.3 is 4.90 Å². The van der Waals surface area contributed by atoms with Gasteiger partial charge in [0.1, 0.15) is 0 Å². The van der Waals surface area contributed by atoms with Gasteiger partial charge in [-0.1, -0.05) is 37.2 Å². The van der Waals surface area contributed by atoms with Crippen LogP contribution in [0.25, 0.3) is 10.2 Å². The van der Waals surface area contributed by atoms with Crippen LogP contribution in [-0.4, -0.2) is 29.1 Å². The van der Waals surface area contributed by atoms with Gasteiger partial charge >= 0.3 is 4.87 Å². The molecule has 0 spiro atoms. The highest BCUT2D eigenvalue weighted by Gasteiger charge is 2.35. The second kappa shape index (κ2) is 6.40. The highest BCUT2D eigenvalue weighted by atomic mass is 32.1. The Morgan fingerprint density at radius 2 is 1.96 bits per heavy atom. The van der Waals surface area contributed by atoms with Crippen molar-refractivity contribution in [2.75, 3.05) is 19.6 Å². The number of likely N-dealkylation sites (tertiary alicyclic amines) is 1. The van der Waals surface area contributed by atoms with E-state index >= 15 is 0 Å². The van der Waals surface area contributed by atoms with Crippen LogP contribution in [0, 0.1) is 11.8 Å². The normalized spacial score (nSPS) is 24.6. The van der Waals surface area contributed by atoms with Gasteiger partial charge in [-0.3, -0.25) is 9.36 Å². The summed E-state index contributed by atoms with van der Waals surface area (Å²) in [5.74, 6) is 1.87. The average molecular weight is 330 g/mol. The summed E-state index contributed by atoms with van der Waals surface area (Å²) in [4.78, 5) is 15.2. The van der Waals surface area contributed by atoms with Crippen LogP contribution in [0.5, 0.6) is 0 Å². The van der Waals surface area contributed by atoms with Gasteiger partial charge in [0.25, 0.3) is 0 Å². The topological polar surface area (TPSA) is 25.2 Å². The Morgan fingerprint density at radius 1 is 1.17 bits per heavy atom. The van der Waals surface area contributed by atoms with Gasteiger partial charge in [0, 0.05) is 26.2 Å². The second-order valence-corrected chi connectivity index (χ2v) is 8.28. The SMILES string of the molecule is CCCc1ccc2c(c1)sc(=O)n2CCN1CC2CCCC2C1. The summed E-state index contributed by atoms with van der Waals surface area (Å²) < 4.78 is 3.14. The predicted octanol–water partition coefficient (Wildman–Crippen LogP) is 3.75. The third-order valence-corrected chi connectivity index (χ3v) is 6.66. The third-order valence-electron chi connectivity index (χ3n) is 5.71. The fourth-order valence-electron chi connectivity index (χ4n) is 4.52. The maximum absolute atomic E-state index is 12.4. The van der Waals surface area contributed by atoms with E-state index < -0.39 is 0 Å². The zero-order chi connectivity index (χ0) is 15.8. The van der Waals surface area contributed by atoms with Crippen molar-refractivity contribution in [3.8, 4) is 0 Å². The molecule has 1 aromatic heterocycles. The first-order chi connectivity index (χ1) is 11.2. The summed E-state index contributed by atoms with van der Waals surface area (Å²) in [6, 6.07) is 6.55. The third kappa shape index (κ3) is 2.99. The number of aromatic nitrogens is 1. The van der Waals surface area contributed by atoms with Gasteiger partial charge in [-0.05, 0) is 48.8 Å². The Hall–Kier alpha value is -1.13. The van der Waals surface area contributed by atoms with Gasteiger partial charge in [0.15, 0.2) is 0 Å². The van der Waals surface area contributed by atoms with Crippen molar-refractivity contribution < 1.29 is 0 Å². The fraction of sp³-hybridized carbons (Fsp3) is 0.632. The Balaban J connectivity index is 1.48. The van der Waals surface area contributed by atoms with E-state index in [2.05, 4.69) is 30.0 Å². The molecular weight excluding hydrogens is 304 g/mol. The van der Waals surface area contributed by atoms with E-state index in [0.717, 1.165) is 48.0 Å². The summed E-state index contributed by atoms with van der Waals surface area (Å²) in [6.45, 7) is 6.56. The first-order valence-electron chi connectivity index (χ1n) is 9.09. The Morgan fingerprint density at radius 3 is 2.70 bits per heavy atom. The molecule has 3 nitrogen and oxygen atoms in total. The average Bonchev–Trinajstić information content (AvgIpc) is 3.17. The van der Waals surface area contributed by atoms with Crippen LogP contribution in [-0.2, 0) is 13.0 Å². The molecule has 2 aromatic rings. The summed E-state index contributed by atoms with van der Waals surface area (Å²) in [6.07, 6.45) is 6.51. The molecule has 0 radical (unpaired) electrons. The van der Waals surface area contributed by atoms with Crippen molar-refractivity contribution in [2.45, 2.75) is 45.6 Å². The van der Waals surface area contributed by atoms with Crippen molar-refractivity contribution >= 4 is 21.6 Å². The molecule has 2 fully saturated rings. The number of rotatable bonds is 5. The number of aryl methyl sites for hydroxylation is 1. The molecule has 2 atom stereocenters. The smallest absolute Gasteiger partial charge is 0.301 e. The lowest BCUT2D eigenvalue weighted by Gasteiger charge is -2.17. The van der Waals surface area contributed by atoms with E-state index in [9.17, 15) is 4.79 Å². The zero-order valence-electron chi connectivity index (χ0n) is 14.0. The lowest BCUT2D eigenvalue weighted by atomic mass is 10.0. The largest absolute Gasteiger partial charge is 0.308 e. The fourth-order valence-corrected chi connectivity index (χ4v) is 5.50. The minimum absolute atomic E-state index is 0.202. The summed E-state index contributed by atoms with van der Waals surface area (Å²) in [5, 5.41) is 0. The van der Waals surface area contributed by atoms with Crippen LogP contribution < -0.4 is 4.87 Å². The molecule has 1 aliphatic carbocycles. The number of hydrogen-bond acceptors (Lipinski definition) is 3. The van der Waals surface area contributed by atoms with Crippen LogP contribution in [0.1, 0.15) is 38.2 Å². The molecule has 23 heavy (non-hydrogen) atoms. The summed E-state index contributed by atoms with van der Waals surface area (Å²) in [5.41, 5.74) is 2.47. The maximum atomic E-state index is 12.4. The van der Waals surface area contributed by atoms with Crippen molar-refractivity contribution in [2.24, 2.45) is 11.8 Å². The molecule has 2 heterocycles. The summed E-state index contributed by atoms with van der Waals surface area (Å²) >= 11 is 1.41. The van der Waals surface area contributed by atoms with E-state index in [0.29, 0.717) is 0 Å². The Bertz CT molecular complexity index is 735. The molecule has 0 N–H and O–H groups in total. The quantitative estimate of drug-likeness (QED) is 0.834. The van der Waals surface area contributed by atoms with Gasteiger partial charge in [-0.15, -0.1) is 0 Å². The zero-order valence-corrected chi connectivity index (χ0v) is 14.8. The van der Waals surface area contributed by atoms with Crippen LogP contribution in [0.4, 0.5) is 0 Å². The van der Waals surface area contributed by atoms with Crippen LogP contribution in [0.3, 0.4) is 0 Å². The van der Waals surface area contributed by atoms with E-state index in [1.807, 2.05) is 4.57 Å². The van der Waals surface area contributed by atoms with Crippen molar-refractivity contribution in [1.29, 1.82) is 0 Å². The van der Waals surface area contributed by atoms with Crippen molar-refractivity contribution in [3.63, 3.8) is 0 Å². The molecule has 1 aliphatic heterocycles. The second-order valence-electron chi connectivity index (χ2n) is 7.28. The van der Waals surface area contributed by atoms with Gasteiger partial charge in [0.05, 0.1) is 10.2 Å². The molecule has 4 rings (SSSR count). The van der Waals surface area contributed by atoms with Crippen LogP contribution >= 0.6 is 11.3 Å². The lowest BCUT2D eigenvalue weighted by Crippen LogP contribution is -2.28. The van der Waals surface area contributed by atoms with Gasteiger partial charge in [-0.2, -0.15) is 0 Å². The first kappa shape index (κ1) is 15.4. The molecule has 0 bridgehead atoms. The van der Waals surface area contributed by atoms with E-state index in [1.165, 1.54) is 49.3 Å². The number of nitrogens with zero attached hydrogens (tertiary/aromatic N) is 2. The number of hydrogen-bond donors (Lipinski definition) is 0. The minimum atomic E-state index is 0.202. The molecule has 2 unspecified atom stereocenters. The Labute approximate surface area is 141 Å². The highest BCUT2D eigenvalue weighted by Crippen LogP contribution is 2.37. The van der Waals surface area contributed by atoms with Crippen LogP contribution in [0.15, 0.2) is 23.0 Å². The van der Waals surface area contributed by atoms with E-state index in [1.54, 1.807) is 0 Å². The molecule has 4 heteroatoms. The van der Waals surface area contributed by atoms with E-state index in [-0.39, 0.29) is 4.87 Å².